The first-order chi connectivity index (χ1) is 5.92. The van der Waals surface area contributed by atoms with Gasteiger partial charge in [-0.2, -0.15) is 0 Å². The van der Waals surface area contributed by atoms with E-state index in [1.165, 1.54) is 18.4 Å². The minimum atomic E-state index is 0.731. The average molecular weight is 181 g/mol. The number of alkyl halides is 1. The molecule has 1 aliphatic rings. The number of hydrogen-bond acceptors (Lipinski definition) is 0. The summed E-state index contributed by atoms with van der Waals surface area (Å²) in [4.78, 5) is 0. The second-order valence-corrected chi connectivity index (χ2v) is 3.82. The molecule has 64 valence electrons. The molecule has 0 radical (unpaired) electrons. The van der Waals surface area contributed by atoms with E-state index in [1.54, 1.807) is 0 Å². The van der Waals surface area contributed by atoms with Gasteiger partial charge in [0.1, 0.15) is 0 Å². The molecule has 0 heterocycles. The standard InChI is InChI=1S/C11H13Cl/c12-8-10-6-7-11(10)9-4-2-1-3-5-9/h1-5,10-11H,6-8H2. The number of rotatable bonds is 2. The molecule has 1 saturated carbocycles. The first-order valence-corrected chi connectivity index (χ1v) is 5.06. The summed E-state index contributed by atoms with van der Waals surface area (Å²) in [6.45, 7) is 0. The molecule has 1 aliphatic carbocycles. The molecule has 1 aromatic rings. The van der Waals surface area contributed by atoms with E-state index in [4.69, 9.17) is 11.6 Å². The van der Waals surface area contributed by atoms with Gasteiger partial charge in [0, 0.05) is 5.88 Å². The maximum absolute atomic E-state index is 5.85. The van der Waals surface area contributed by atoms with Gasteiger partial charge in [0.25, 0.3) is 0 Å². The summed E-state index contributed by atoms with van der Waals surface area (Å²) in [6, 6.07) is 10.7. The average Bonchev–Trinajstić information content (AvgIpc) is 2.05. The molecule has 0 nitrogen and oxygen atoms in total. The predicted molar refractivity (Wildman–Crippen MR) is 52.6 cm³/mol. The fourth-order valence-electron chi connectivity index (χ4n) is 1.89. The minimum absolute atomic E-state index is 0.731. The van der Waals surface area contributed by atoms with Crippen molar-refractivity contribution in [2.75, 3.05) is 5.88 Å². The molecular formula is C11H13Cl. The number of hydrogen-bond donors (Lipinski definition) is 0. The van der Waals surface area contributed by atoms with Gasteiger partial charge in [-0.25, -0.2) is 0 Å². The normalized spacial score (nSPS) is 28.1. The maximum Gasteiger partial charge on any atom is 0.0257 e. The molecule has 12 heavy (non-hydrogen) atoms. The number of benzene rings is 1. The van der Waals surface area contributed by atoms with Crippen molar-refractivity contribution in [1.29, 1.82) is 0 Å². The van der Waals surface area contributed by atoms with Crippen molar-refractivity contribution in [2.24, 2.45) is 5.92 Å². The van der Waals surface area contributed by atoms with Crippen LogP contribution in [0, 0.1) is 5.92 Å². The van der Waals surface area contributed by atoms with Crippen LogP contribution in [-0.2, 0) is 0 Å². The molecule has 1 aromatic carbocycles. The second-order valence-electron chi connectivity index (χ2n) is 3.51. The SMILES string of the molecule is ClCC1CCC1c1ccccc1. The zero-order valence-corrected chi connectivity index (χ0v) is 7.80. The van der Waals surface area contributed by atoms with Gasteiger partial charge < -0.3 is 0 Å². The maximum atomic E-state index is 5.85. The largest absolute Gasteiger partial charge is 0.126 e. The van der Waals surface area contributed by atoms with Crippen molar-refractivity contribution in [1.82, 2.24) is 0 Å². The van der Waals surface area contributed by atoms with Crippen LogP contribution in [0.15, 0.2) is 30.3 Å². The van der Waals surface area contributed by atoms with Crippen LogP contribution < -0.4 is 0 Å². The van der Waals surface area contributed by atoms with Crippen molar-refractivity contribution in [2.45, 2.75) is 18.8 Å². The van der Waals surface area contributed by atoms with Crippen LogP contribution in [0.25, 0.3) is 0 Å². The Morgan fingerprint density at radius 1 is 1.17 bits per heavy atom. The highest BCUT2D eigenvalue weighted by Crippen LogP contribution is 2.42. The van der Waals surface area contributed by atoms with Gasteiger partial charge in [0.15, 0.2) is 0 Å². The molecule has 0 N–H and O–H groups in total. The molecule has 2 atom stereocenters. The summed E-state index contributed by atoms with van der Waals surface area (Å²) in [5.41, 5.74) is 1.47. The molecule has 0 aliphatic heterocycles. The van der Waals surface area contributed by atoms with Gasteiger partial charge in [-0.1, -0.05) is 30.3 Å². The summed E-state index contributed by atoms with van der Waals surface area (Å²) in [6.07, 6.45) is 2.63. The molecule has 1 heteroatoms. The molecule has 0 aromatic heterocycles. The predicted octanol–water partition coefficient (Wildman–Crippen LogP) is 3.42. The smallest absolute Gasteiger partial charge is 0.0257 e. The second kappa shape index (κ2) is 3.49. The Morgan fingerprint density at radius 2 is 1.92 bits per heavy atom. The van der Waals surface area contributed by atoms with Crippen molar-refractivity contribution < 1.29 is 0 Å². The van der Waals surface area contributed by atoms with E-state index in [1.807, 2.05) is 0 Å². The van der Waals surface area contributed by atoms with E-state index in [0.29, 0.717) is 0 Å². The van der Waals surface area contributed by atoms with Gasteiger partial charge in [-0.05, 0) is 30.2 Å². The summed E-state index contributed by atoms with van der Waals surface area (Å²) in [5, 5.41) is 0. The van der Waals surface area contributed by atoms with Gasteiger partial charge >= 0.3 is 0 Å². The van der Waals surface area contributed by atoms with E-state index in [-0.39, 0.29) is 0 Å². The first kappa shape index (κ1) is 8.12. The lowest BCUT2D eigenvalue weighted by Crippen LogP contribution is -2.24. The van der Waals surface area contributed by atoms with E-state index in [9.17, 15) is 0 Å². The fourth-order valence-corrected chi connectivity index (χ4v) is 2.26. The van der Waals surface area contributed by atoms with Crippen molar-refractivity contribution in [3.63, 3.8) is 0 Å². The van der Waals surface area contributed by atoms with Crippen LogP contribution in [0.1, 0.15) is 24.3 Å². The molecule has 0 bridgehead atoms. The molecular weight excluding hydrogens is 168 g/mol. The zero-order valence-electron chi connectivity index (χ0n) is 7.04. The minimum Gasteiger partial charge on any atom is -0.126 e. The molecule has 0 amide bonds. The third-order valence-corrected chi connectivity index (χ3v) is 3.24. The lowest BCUT2D eigenvalue weighted by molar-refractivity contribution is 0.284. The molecule has 1 fully saturated rings. The highest BCUT2D eigenvalue weighted by atomic mass is 35.5. The first-order valence-electron chi connectivity index (χ1n) is 4.52. The van der Waals surface area contributed by atoms with Crippen LogP contribution in [0.5, 0.6) is 0 Å². The third-order valence-electron chi connectivity index (χ3n) is 2.84. The van der Waals surface area contributed by atoms with E-state index in [2.05, 4.69) is 30.3 Å². The number of halogens is 1. The molecule has 0 spiro atoms. The van der Waals surface area contributed by atoms with E-state index in [0.717, 1.165) is 17.7 Å². The summed E-state index contributed by atoms with van der Waals surface area (Å²) >= 11 is 5.85. The van der Waals surface area contributed by atoms with E-state index >= 15 is 0 Å². The highest BCUT2D eigenvalue weighted by Gasteiger charge is 2.30. The van der Waals surface area contributed by atoms with Crippen LogP contribution in [0.3, 0.4) is 0 Å². The van der Waals surface area contributed by atoms with Crippen molar-refractivity contribution in [3.05, 3.63) is 35.9 Å². The Kier molecular flexibility index (Phi) is 2.36. The van der Waals surface area contributed by atoms with Gasteiger partial charge in [0.05, 0.1) is 0 Å². The highest BCUT2D eigenvalue weighted by molar-refractivity contribution is 6.18. The van der Waals surface area contributed by atoms with E-state index < -0.39 is 0 Å². The Hall–Kier alpha value is -0.490. The summed E-state index contributed by atoms with van der Waals surface area (Å²) < 4.78 is 0. The lowest BCUT2D eigenvalue weighted by Gasteiger charge is -2.35. The molecule has 2 rings (SSSR count). The third kappa shape index (κ3) is 1.36. The quantitative estimate of drug-likeness (QED) is 0.612. The van der Waals surface area contributed by atoms with Crippen LogP contribution in [-0.4, -0.2) is 5.88 Å². The Bertz CT molecular complexity index is 240. The van der Waals surface area contributed by atoms with Gasteiger partial charge in [-0.3, -0.25) is 0 Å². The van der Waals surface area contributed by atoms with Gasteiger partial charge in [0.2, 0.25) is 0 Å². The van der Waals surface area contributed by atoms with Crippen LogP contribution in [0.2, 0.25) is 0 Å². The van der Waals surface area contributed by atoms with Crippen molar-refractivity contribution in [3.8, 4) is 0 Å². The summed E-state index contributed by atoms with van der Waals surface area (Å²) in [5.74, 6) is 2.29. The zero-order chi connectivity index (χ0) is 8.39. The lowest BCUT2D eigenvalue weighted by atomic mass is 9.71. The van der Waals surface area contributed by atoms with Crippen LogP contribution in [0.4, 0.5) is 0 Å². The van der Waals surface area contributed by atoms with Crippen molar-refractivity contribution >= 4 is 11.6 Å². The summed E-state index contributed by atoms with van der Waals surface area (Å²) in [7, 11) is 0. The monoisotopic (exact) mass is 180 g/mol. The fraction of sp³-hybridized carbons (Fsp3) is 0.455. The Balaban J connectivity index is 2.11. The molecule has 2 unspecified atom stereocenters. The van der Waals surface area contributed by atoms with Gasteiger partial charge in [-0.15, -0.1) is 11.6 Å². The topological polar surface area (TPSA) is 0 Å². The van der Waals surface area contributed by atoms with Crippen LogP contribution >= 0.6 is 11.6 Å². The Morgan fingerprint density at radius 3 is 2.42 bits per heavy atom. The Labute approximate surface area is 78.6 Å². The molecule has 0 saturated heterocycles.